The van der Waals surface area contributed by atoms with Crippen LogP contribution in [0.25, 0.3) is 0 Å². The quantitative estimate of drug-likeness (QED) is 0.836. The molecule has 2 heteroatoms. The van der Waals surface area contributed by atoms with Crippen molar-refractivity contribution in [1.29, 1.82) is 0 Å². The normalized spacial score (nSPS) is 19.9. The van der Waals surface area contributed by atoms with Crippen LogP contribution in [0, 0.1) is 11.7 Å². The van der Waals surface area contributed by atoms with Gasteiger partial charge in [0, 0.05) is 0 Å². The van der Waals surface area contributed by atoms with E-state index in [0.29, 0.717) is 11.8 Å². The van der Waals surface area contributed by atoms with Gasteiger partial charge in [-0.05, 0) is 74.2 Å². The highest BCUT2D eigenvalue weighted by molar-refractivity contribution is 5.27. The molecule has 1 N–H and O–H groups in total. The highest BCUT2D eigenvalue weighted by Gasteiger charge is 2.16. The van der Waals surface area contributed by atoms with Crippen LogP contribution in [0.15, 0.2) is 18.2 Å². The van der Waals surface area contributed by atoms with Crippen molar-refractivity contribution in [2.75, 3.05) is 13.1 Å². The molecule has 0 amide bonds. The maximum absolute atomic E-state index is 14.2. The van der Waals surface area contributed by atoms with E-state index >= 15 is 0 Å². The number of halogens is 1. The number of rotatable bonds is 5. The van der Waals surface area contributed by atoms with Gasteiger partial charge in [-0.15, -0.1) is 0 Å². The van der Waals surface area contributed by atoms with Crippen molar-refractivity contribution in [3.8, 4) is 0 Å². The van der Waals surface area contributed by atoms with Gasteiger partial charge in [-0.25, -0.2) is 4.39 Å². The number of nitrogens with one attached hydrogen (secondary N) is 1. The summed E-state index contributed by atoms with van der Waals surface area (Å²) < 4.78 is 14.2. The van der Waals surface area contributed by atoms with E-state index < -0.39 is 0 Å². The number of benzene rings is 1. The van der Waals surface area contributed by atoms with E-state index in [1.54, 1.807) is 6.07 Å². The summed E-state index contributed by atoms with van der Waals surface area (Å²) in [4.78, 5) is 0. The minimum Gasteiger partial charge on any atom is -0.316 e. The Hall–Kier alpha value is -0.890. The lowest BCUT2D eigenvalue weighted by molar-refractivity contribution is 0.375. The van der Waals surface area contributed by atoms with Gasteiger partial charge < -0.3 is 5.32 Å². The molecular weight excluding hydrogens is 237 g/mol. The molecule has 1 atom stereocenters. The van der Waals surface area contributed by atoms with E-state index in [-0.39, 0.29) is 5.82 Å². The maximum atomic E-state index is 14.2. The molecule has 1 aromatic rings. The minimum absolute atomic E-state index is 0.00466. The van der Waals surface area contributed by atoms with Crippen molar-refractivity contribution in [3.63, 3.8) is 0 Å². The first kappa shape index (κ1) is 14.5. The lowest BCUT2D eigenvalue weighted by Crippen LogP contribution is -2.30. The number of hydrogen-bond donors (Lipinski definition) is 1. The van der Waals surface area contributed by atoms with Gasteiger partial charge in [0.25, 0.3) is 0 Å². The molecule has 19 heavy (non-hydrogen) atoms. The fourth-order valence-corrected chi connectivity index (χ4v) is 3.19. The Morgan fingerprint density at radius 2 is 2.11 bits per heavy atom. The Kier molecular flexibility index (Phi) is 5.38. The van der Waals surface area contributed by atoms with Crippen LogP contribution in [0.5, 0.6) is 0 Å². The minimum atomic E-state index is -0.00466. The molecule has 0 aromatic heterocycles. The van der Waals surface area contributed by atoms with Crippen LogP contribution >= 0.6 is 0 Å². The van der Waals surface area contributed by atoms with Crippen molar-refractivity contribution in [3.05, 3.63) is 35.1 Å². The third-order valence-corrected chi connectivity index (χ3v) is 4.41. The van der Waals surface area contributed by atoms with Crippen molar-refractivity contribution in [2.24, 2.45) is 5.92 Å². The van der Waals surface area contributed by atoms with Crippen molar-refractivity contribution < 1.29 is 4.39 Å². The zero-order chi connectivity index (χ0) is 13.7. The van der Waals surface area contributed by atoms with Gasteiger partial charge in [0.1, 0.15) is 5.82 Å². The van der Waals surface area contributed by atoms with Gasteiger partial charge in [-0.1, -0.05) is 26.0 Å². The summed E-state index contributed by atoms with van der Waals surface area (Å²) in [7, 11) is 0. The summed E-state index contributed by atoms with van der Waals surface area (Å²) in [5.74, 6) is 1.03. The summed E-state index contributed by atoms with van der Waals surface area (Å²) in [5.41, 5.74) is 2.05. The molecule has 1 saturated heterocycles. The third kappa shape index (κ3) is 3.79. The Balaban J connectivity index is 2.05. The predicted molar refractivity (Wildman–Crippen MR) is 79.0 cm³/mol. The largest absolute Gasteiger partial charge is 0.316 e. The van der Waals surface area contributed by atoms with Gasteiger partial charge in [-0.3, -0.25) is 0 Å². The molecule has 0 aliphatic carbocycles. The molecule has 2 rings (SSSR count). The second kappa shape index (κ2) is 7.04. The highest BCUT2D eigenvalue weighted by Crippen LogP contribution is 2.27. The molecule has 1 heterocycles. The van der Waals surface area contributed by atoms with Gasteiger partial charge in [-0.2, -0.15) is 0 Å². The first-order valence-electron chi connectivity index (χ1n) is 7.73. The molecule has 0 saturated carbocycles. The molecule has 1 nitrogen and oxygen atoms in total. The summed E-state index contributed by atoms with van der Waals surface area (Å²) in [6, 6.07) is 5.91. The summed E-state index contributed by atoms with van der Waals surface area (Å²) in [6.45, 7) is 6.48. The molecule has 1 fully saturated rings. The topological polar surface area (TPSA) is 12.0 Å². The van der Waals surface area contributed by atoms with Crippen LogP contribution in [0.2, 0.25) is 0 Å². The Labute approximate surface area is 116 Å². The molecule has 1 aliphatic rings. The Bertz CT molecular complexity index is 392. The van der Waals surface area contributed by atoms with Crippen molar-refractivity contribution in [1.82, 2.24) is 5.32 Å². The molecule has 106 valence electrons. The Morgan fingerprint density at radius 3 is 2.68 bits per heavy atom. The standard InChI is InChI=1S/C17H26FN/c1-3-15(4-2)16-8-7-13(11-17(16)18)10-14-6-5-9-19-12-14/h7-8,11,14-15,19H,3-6,9-10,12H2,1-2H3. The molecule has 0 radical (unpaired) electrons. The van der Waals surface area contributed by atoms with E-state index in [9.17, 15) is 4.39 Å². The zero-order valence-corrected chi connectivity index (χ0v) is 12.2. The van der Waals surface area contributed by atoms with Gasteiger partial charge >= 0.3 is 0 Å². The van der Waals surface area contributed by atoms with E-state index in [0.717, 1.165) is 43.5 Å². The van der Waals surface area contributed by atoms with E-state index in [1.165, 1.54) is 12.8 Å². The fraction of sp³-hybridized carbons (Fsp3) is 0.647. The van der Waals surface area contributed by atoms with Gasteiger partial charge in [0.2, 0.25) is 0 Å². The number of piperidine rings is 1. The van der Waals surface area contributed by atoms with Crippen molar-refractivity contribution in [2.45, 2.75) is 51.9 Å². The Morgan fingerprint density at radius 1 is 1.32 bits per heavy atom. The molecule has 0 bridgehead atoms. The molecule has 1 aromatic carbocycles. The first-order valence-corrected chi connectivity index (χ1v) is 7.73. The third-order valence-electron chi connectivity index (χ3n) is 4.41. The monoisotopic (exact) mass is 263 g/mol. The number of hydrogen-bond acceptors (Lipinski definition) is 1. The zero-order valence-electron chi connectivity index (χ0n) is 12.2. The fourth-order valence-electron chi connectivity index (χ4n) is 3.19. The molecule has 0 spiro atoms. The van der Waals surface area contributed by atoms with E-state index in [1.807, 2.05) is 6.07 Å². The average molecular weight is 263 g/mol. The van der Waals surface area contributed by atoms with Crippen LogP contribution in [0.1, 0.15) is 56.6 Å². The van der Waals surface area contributed by atoms with Crippen LogP contribution < -0.4 is 5.32 Å². The summed E-state index contributed by atoms with van der Waals surface area (Å²) in [6.07, 6.45) is 5.55. The van der Waals surface area contributed by atoms with Gasteiger partial charge in [0.15, 0.2) is 0 Å². The van der Waals surface area contributed by atoms with Crippen LogP contribution in [0.4, 0.5) is 4.39 Å². The van der Waals surface area contributed by atoms with Gasteiger partial charge in [0.05, 0.1) is 0 Å². The van der Waals surface area contributed by atoms with E-state index in [2.05, 4.69) is 25.2 Å². The second-order valence-electron chi connectivity index (χ2n) is 5.79. The smallest absolute Gasteiger partial charge is 0.126 e. The average Bonchev–Trinajstić information content (AvgIpc) is 2.43. The van der Waals surface area contributed by atoms with Crippen molar-refractivity contribution >= 4 is 0 Å². The predicted octanol–water partition coefficient (Wildman–Crippen LogP) is 4.27. The molecular formula is C17H26FN. The van der Waals surface area contributed by atoms with Crippen LogP contribution in [-0.2, 0) is 6.42 Å². The highest BCUT2D eigenvalue weighted by atomic mass is 19.1. The second-order valence-corrected chi connectivity index (χ2v) is 5.79. The maximum Gasteiger partial charge on any atom is 0.126 e. The SMILES string of the molecule is CCC(CC)c1ccc(CC2CCCNC2)cc1F. The van der Waals surface area contributed by atoms with E-state index in [4.69, 9.17) is 0 Å². The lowest BCUT2D eigenvalue weighted by atomic mass is 9.89. The summed E-state index contributed by atoms with van der Waals surface area (Å²) in [5, 5.41) is 3.42. The molecule has 1 unspecified atom stereocenters. The molecule has 1 aliphatic heterocycles. The van der Waals surface area contributed by atoms with Crippen LogP contribution in [-0.4, -0.2) is 13.1 Å². The summed E-state index contributed by atoms with van der Waals surface area (Å²) >= 11 is 0. The lowest BCUT2D eigenvalue weighted by Gasteiger charge is -2.23. The first-order chi connectivity index (χ1) is 9.24. The van der Waals surface area contributed by atoms with Crippen LogP contribution in [0.3, 0.4) is 0 Å².